The topological polar surface area (TPSA) is 178 Å². The molecule has 1 N–H and O–H groups in total. The van der Waals surface area contributed by atoms with Crippen LogP contribution >= 0.6 is 0 Å². The fourth-order valence-corrected chi connectivity index (χ4v) is 13.6. The molecule has 13 heteroatoms. The fraction of sp³-hybridized carbons (Fsp3) is 0.795. The summed E-state index contributed by atoms with van der Waals surface area (Å²) in [4.78, 5) is 80.3. The molecule has 0 amide bonds. The molecule has 2 spiro atoms. The molecule has 1 saturated heterocycles. The van der Waals surface area contributed by atoms with Crippen LogP contribution in [0.4, 0.5) is 0 Å². The van der Waals surface area contributed by atoms with Gasteiger partial charge in [-0.3, -0.25) is 28.8 Å². The molecular formula is C39H54O13. The Kier molecular flexibility index (Phi) is 8.47. The van der Waals surface area contributed by atoms with Crippen LogP contribution in [0.3, 0.4) is 0 Å². The van der Waals surface area contributed by atoms with Crippen LogP contribution in [0, 0.1) is 44.8 Å². The van der Waals surface area contributed by atoms with Crippen molar-refractivity contribution < 1.29 is 62.3 Å². The van der Waals surface area contributed by atoms with Gasteiger partial charge in [-0.15, -0.1) is 0 Å². The van der Waals surface area contributed by atoms with Crippen LogP contribution in [0.25, 0.3) is 0 Å². The molecule has 14 atom stereocenters. The van der Waals surface area contributed by atoms with Gasteiger partial charge in [0.2, 0.25) is 0 Å². The fourth-order valence-electron chi connectivity index (χ4n) is 13.6. The van der Waals surface area contributed by atoms with Crippen LogP contribution in [0.15, 0.2) is 11.3 Å². The number of aliphatic hydroxyl groups is 1. The van der Waals surface area contributed by atoms with E-state index in [0.29, 0.717) is 6.42 Å². The highest BCUT2D eigenvalue weighted by Crippen LogP contribution is 2.83. The van der Waals surface area contributed by atoms with Gasteiger partial charge in [0.1, 0.15) is 23.4 Å². The zero-order chi connectivity index (χ0) is 38.9. The third-order valence-corrected chi connectivity index (χ3v) is 15.0. The predicted octanol–water partition coefficient (Wildman–Crippen LogP) is 4.15. The number of methoxy groups -OCH3 is 1. The highest BCUT2D eigenvalue weighted by atomic mass is 16.6. The molecule has 0 radical (unpaired) electrons. The van der Waals surface area contributed by atoms with Gasteiger partial charge in [0.25, 0.3) is 0 Å². The lowest BCUT2D eigenvalue weighted by Crippen LogP contribution is -2.86. The van der Waals surface area contributed by atoms with E-state index in [0.717, 1.165) is 5.57 Å². The highest BCUT2D eigenvalue weighted by molar-refractivity contribution is 5.96. The molecule has 0 aromatic heterocycles. The van der Waals surface area contributed by atoms with Crippen LogP contribution in [0.1, 0.15) is 108 Å². The Hall–Kier alpha value is -3.48. The molecule has 1 aliphatic heterocycles. The number of fused-ring (bicyclic) bond motifs is 5. The minimum atomic E-state index is -2.14. The second kappa shape index (κ2) is 11.5. The number of hydrogen-bond acceptors (Lipinski definition) is 13. The Morgan fingerprint density at radius 3 is 1.90 bits per heavy atom. The van der Waals surface area contributed by atoms with E-state index < -0.39 is 104 Å². The number of esters is 5. The predicted molar refractivity (Wildman–Crippen MR) is 180 cm³/mol. The van der Waals surface area contributed by atoms with Crippen molar-refractivity contribution in [2.45, 2.75) is 144 Å². The molecule has 4 saturated carbocycles. The largest absolute Gasteiger partial charge is 0.493 e. The zero-order valence-electron chi connectivity index (χ0n) is 32.4. The van der Waals surface area contributed by atoms with Gasteiger partial charge in [-0.2, -0.15) is 0 Å². The minimum absolute atomic E-state index is 0.00904. The average molecular weight is 731 g/mol. The summed E-state index contributed by atoms with van der Waals surface area (Å²) >= 11 is 0. The summed E-state index contributed by atoms with van der Waals surface area (Å²) in [7, 11) is 1.46. The van der Waals surface area contributed by atoms with Crippen LogP contribution in [0.2, 0.25) is 0 Å². The monoisotopic (exact) mass is 730 g/mol. The Morgan fingerprint density at radius 2 is 1.37 bits per heavy atom. The summed E-state index contributed by atoms with van der Waals surface area (Å²) in [6.45, 7) is 17.8. The maximum Gasteiger partial charge on any atom is 0.312 e. The van der Waals surface area contributed by atoms with Crippen molar-refractivity contribution >= 4 is 35.6 Å². The van der Waals surface area contributed by atoms with Crippen LogP contribution in [-0.2, 0) is 57.2 Å². The molecule has 5 fully saturated rings. The number of ketones is 1. The second-order valence-electron chi connectivity index (χ2n) is 17.8. The number of Topliss-reactive ketones (excluding diaryl/α,β-unsaturated/α-hetero) is 1. The van der Waals surface area contributed by atoms with Crippen molar-refractivity contribution in [1.82, 2.24) is 0 Å². The van der Waals surface area contributed by atoms with Crippen molar-refractivity contribution in [3.8, 4) is 0 Å². The number of carbonyl (C=O) groups is 6. The number of ether oxygens (including phenoxy) is 6. The van der Waals surface area contributed by atoms with Gasteiger partial charge < -0.3 is 33.5 Å². The number of rotatable bonds is 5. The quantitative estimate of drug-likeness (QED) is 0.316. The molecule has 0 aromatic carbocycles. The van der Waals surface area contributed by atoms with Crippen LogP contribution in [0.5, 0.6) is 0 Å². The number of hydrogen-bond donors (Lipinski definition) is 1. The van der Waals surface area contributed by atoms with E-state index >= 15 is 0 Å². The maximum absolute atomic E-state index is 14.4. The standard InChI is InChI=1S/C39H54O13/c1-18-14-35(9)26-13-24(44)28(47-12)19(2)34(26,8)15-25(48-20(3)40)29(35)39(18)37(11,46)31(51-23(6)43)30(50-22(5)42)36(10)27(49-21(4)41)16-33(7)17-38(36,39)52-32(33)45/h18,25-27,29-31,46H,13-17H2,1-12H3/t18-,25+,26+,27-,29-,30-,31+,33+,34+,35-,36+,37-,38+,39-/m0/s1. The van der Waals surface area contributed by atoms with E-state index in [1.807, 2.05) is 20.8 Å². The molecular weight excluding hydrogens is 676 g/mol. The third kappa shape index (κ3) is 4.43. The normalized spacial score (nSPS) is 48.9. The summed E-state index contributed by atoms with van der Waals surface area (Å²) in [6, 6.07) is 0. The lowest BCUT2D eigenvalue weighted by Gasteiger charge is -2.73. The first-order chi connectivity index (χ1) is 23.9. The lowest BCUT2D eigenvalue weighted by atomic mass is 9.33. The Balaban J connectivity index is 1.76. The van der Waals surface area contributed by atoms with E-state index in [1.54, 1.807) is 13.8 Å². The van der Waals surface area contributed by atoms with Gasteiger partial charge in [-0.05, 0) is 68.8 Å². The van der Waals surface area contributed by atoms with E-state index in [1.165, 1.54) is 41.7 Å². The van der Waals surface area contributed by atoms with E-state index in [9.17, 15) is 33.9 Å². The molecule has 1 heterocycles. The number of allylic oxidation sites excluding steroid dienone is 2. The first-order valence-corrected chi connectivity index (χ1v) is 18.3. The molecule has 6 aliphatic rings. The highest BCUT2D eigenvalue weighted by Gasteiger charge is 2.92. The van der Waals surface area contributed by atoms with E-state index in [-0.39, 0.29) is 43.1 Å². The third-order valence-electron chi connectivity index (χ3n) is 15.0. The van der Waals surface area contributed by atoms with Crippen molar-refractivity contribution in [2.24, 2.45) is 44.8 Å². The Bertz CT molecular complexity index is 1680. The summed E-state index contributed by atoms with van der Waals surface area (Å²) in [5.74, 6) is -4.94. The Labute approximate surface area is 304 Å². The van der Waals surface area contributed by atoms with Gasteiger partial charge in [0.15, 0.2) is 23.8 Å². The van der Waals surface area contributed by atoms with E-state index in [4.69, 9.17) is 28.4 Å². The van der Waals surface area contributed by atoms with Gasteiger partial charge >= 0.3 is 29.8 Å². The molecule has 13 nitrogen and oxygen atoms in total. The number of carbonyl (C=O) groups excluding carboxylic acids is 6. The second-order valence-corrected chi connectivity index (χ2v) is 17.8. The van der Waals surface area contributed by atoms with Crippen molar-refractivity contribution in [3.63, 3.8) is 0 Å². The van der Waals surface area contributed by atoms with Crippen LogP contribution < -0.4 is 0 Å². The zero-order valence-corrected chi connectivity index (χ0v) is 32.4. The molecule has 0 unspecified atom stereocenters. The van der Waals surface area contributed by atoms with Gasteiger partial charge in [-0.25, -0.2) is 0 Å². The maximum atomic E-state index is 14.4. The lowest BCUT2D eigenvalue weighted by molar-refractivity contribution is -0.383. The van der Waals surface area contributed by atoms with Gasteiger partial charge in [0, 0.05) is 52.9 Å². The van der Waals surface area contributed by atoms with Crippen LogP contribution in [-0.4, -0.2) is 83.5 Å². The summed E-state index contributed by atoms with van der Waals surface area (Å²) < 4.78 is 37.0. The molecule has 6 rings (SSSR count). The first kappa shape index (κ1) is 38.3. The van der Waals surface area contributed by atoms with Crippen molar-refractivity contribution in [1.29, 1.82) is 0 Å². The van der Waals surface area contributed by atoms with Crippen molar-refractivity contribution in [3.05, 3.63) is 11.3 Å². The Morgan fingerprint density at radius 1 is 0.808 bits per heavy atom. The first-order valence-electron chi connectivity index (χ1n) is 18.3. The SMILES string of the molecule is COC1=C(C)[C@@]2(C)C[C@@H](OC(C)=O)[C@H]3[C@@](C)(C[C@H](C)[C@]34[C@@]35C[C@@](C)(C[C@H](OC(C)=O)[C@]3(C)[C@@H](OC(C)=O)[C@@H](OC(C)=O)[C@]4(C)O)C(=O)O5)[C@@H]2CC1=O. The summed E-state index contributed by atoms with van der Waals surface area (Å²) in [5, 5.41) is 13.6. The molecule has 5 aliphatic carbocycles. The average Bonchev–Trinajstić information content (AvgIpc) is 3.39. The molecule has 288 valence electrons. The summed E-state index contributed by atoms with van der Waals surface area (Å²) in [6.07, 6.45) is -4.27. The van der Waals surface area contributed by atoms with Gasteiger partial charge in [0.05, 0.1) is 23.4 Å². The smallest absolute Gasteiger partial charge is 0.312 e. The molecule has 52 heavy (non-hydrogen) atoms. The van der Waals surface area contributed by atoms with Crippen molar-refractivity contribution in [2.75, 3.05) is 7.11 Å². The summed E-state index contributed by atoms with van der Waals surface area (Å²) in [5.41, 5.74) is -9.16. The van der Waals surface area contributed by atoms with E-state index in [2.05, 4.69) is 6.92 Å². The van der Waals surface area contributed by atoms with Gasteiger partial charge in [-0.1, -0.05) is 20.8 Å². The molecule has 2 bridgehead atoms. The molecule has 0 aromatic rings. The minimum Gasteiger partial charge on any atom is -0.493 e.